The summed E-state index contributed by atoms with van der Waals surface area (Å²) in [6.45, 7) is 2.50. The van der Waals surface area contributed by atoms with Gasteiger partial charge in [0.15, 0.2) is 5.66 Å². The van der Waals surface area contributed by atoms with E-state index in [-0.39, 0.29) is 11.6 Å². The van der Waals surface area contributed by atoms with Crippen LogP contribution in [0.15, 0.2) is 15.6 Å². The van der Waals surface area contributed by atoms with E-state index >= 15 is 0 Å². The van der Waals surface area contributed by atoms with Crippen molar-refractivity contribution in [2.75, 3.05) is 6.54 Å². The maximum Gasteiger partial charge on any atom is 0.243 e. The summed E-state index contributed by atoms with van der Waals surface area (Å²) in [6.07, 6.45) is 8.11. The Hall–Kier alpha value is -1.78. The number of nitrogens with two attached hydrogens (primary N) is 1. The fourth-order valence-electron chi connectivity index (χ4n) is 1.93. The van der Waals surface area contributed by atoms with Crippen molar-refractivity contribution >= 4 is 17.2 Å². The van der Waals surface area contributed by atoms with Crippen LogP contribution in [-0.4, -0.2) is 23.1 Å². The SMILES string of the molecule is C#CCCC1(CCNC(=O)C(N)c2csc(CC)n2)N=N1. The Morgan fingerprint density at radius 3 is 2.90 bits per heavy atom. The van der Waals surface area contributed by atoms with Crippen LogP contribution in [0.25, 0.3) is 0 Å². The van der Waals surface area contributed by atoms with Gasteiger partial charge in [0.05, 0.1) is 10.7 Å². The lowest BCUT2D eigenvalue weighted by Crippen LogP contribution is -2.36. The molecule has 0 aliphatic carbocycles. The molecule has 21 heavy (non-hydrogen) atoms. The smallest absolute Gasteiger partial charge is 0.243 e. The van der Waals surface area contributed by atoms with Gasteiger partial charge in [0.1, 0.15) is 6.04 Å². The summed E-state index contributed by atoms with van der Waals surface area (Å²) in [5.41, 5.74) is 6.16. The average Bonchev–Trinajstić information content (AvgIpc) is 3.09. The third-order valence-corrected chi connectivity index (χ3v) is 4.36. The Balaban J connectivity index is 1.75. The van der Waals surface area contributed by atoms with Gasteiger partial charge < -0.3 is 11.1 Å². The lowest BCUT2D eigenvalue weighted by molar-refractivity contribution is -0.122. The van der Waals surface area contributed by atoms with Gasteiger partial charge in [0.2, 0.25) is 5.91 Å². The first kappa shape index (κ1) is 15.6. The Bertz CT molecular complexity index is 568. The van der Waals surface area contributed by atoms with E-state index in [1.54, 1.807) is 0 Å². The zero-order valence-corrected chi connectivity index (χ0v) is 12.8. The zero-order chi connectivity index (χ0) is 15.3. The van der Waals surface area contributed by atoms with E-state index in [1.165, 1.54) is 11.3 Å². The van der Waals surface area contributed by atoms with Gasteiger partial charge in [0.25, 0.3) is 0 Å². The largest absolute Gasteiger partial charge is 0.354 e. The van der Waals surface area contributed by atoms with Gasteiger partial charge in [-0.1, -0.05) is 6.92 Å². The van der Waals surface area contributed by atoms with Gasteiger partial charge in [-0.15, -0.1) is 23.7 Å². The maximum absolute atomic E-state index is 12.0. The molecule has 0 saturated carbocycles. The van der Waals surface area contributed by atoms with E-state index in [4.69, 9.17) is 12.2 Å². The first-order valence-corrected chi connectivity index (χ1v) is 7.83. The van der Waals surface area contributed by atoms with Crippen LogP contribution >= 0.6 is 11.3 Å². The molecule has 6 nitrogen and oxygen atoms in total. The number of amides is 1. The first-order chi connectivity index (χ1) is 10.1. The highest BCUT2D eigenvalue weighted by molar-refractivity contribution is 7.09. The van der Waals surface area contributed by atoms with E-state index in [2.05, 4.69) is 26.4 Å². The highest BCUT2D eigenvalue weighted by atomic mass is 32.1. The third kappa shape index (κ3) is 4.09. The minimum absolute atomic E-state index is 0.226. The Labute approximate surface area is 128 Å². The average molecular weight is 305 g/mol. The summed E-state index contributed by atoms with van der Waals surface area (Å²) < 4.78 is 0. The monoisotopic (exact) mass is 305 g/mol. The van der Waals surface area contributed by atoms with Crippen LogP contribution in [0.3, 0.4) is 0 Å². The molecule has 0 fully saturated rings. The van der Waals surface area contributed by atoms with Crippen molar-refractivity contribution in [3.05, 3.63) is 16.1 Å². The lowest BCUT2D eigenvalue weighted by atomic mass is 10.0. The molecule has 0 saturated heterocycles. The molecule has 0 bridgehead atoms. The molecular formula is C14H19N5OS. The third-order valence-electron chi connectivity index (χ3n) is 3.35. The Kier molecular flexibility index (Phi) is 5.04. The van der Waals surface area contributed by atoms with Crippen molar-refractivity contribution in [2.24, 2.45) is 16.0 Å². The van der Waals surface area contributed by atoms with E-state index in [9.17, 15) is 4.79 Å². The number of aromatic nitrogens is 1. The second kappa shape index (κ2) is 6.78. The quantitative estimate of drug-likeness (QED) is 0.717. The minimum atomic E-state index is -0.726. The van der Waals surface area contributed by atoms with Gasteiger partial charge in [-0.25, -0.2) is 4.98 Å². The molecule has 0 radical (unpaired) electrons. The topological polar surface area (TPSA) is 92.7 Å². The molecule has 1 unspecified atom stereocenters. The Morgan fingerprint density at radius 2 is 2.33 bits per heavy atom. The predicted molar refractivity (Wildman–Crippen MR) is 81.7 cm³/mol. The fraction of sp³-hybridized carbons (Fsp3) is 0.571. The van der Waals surface area contributed by atoms with E-state index in [0.29, 0.717) is 25.1 Å². The van der Waals surface area contributed by atoms with Gasteiger partial charge in [-0.05, 0) is 6.42 Å². The molecule has 1 atom stereocenters. The normalized spacial score (nSPS) is 16.2. The number of rotatable bonds is 8. The number of hydrogen-bond donors (Lipinski definition) is 2. The predicted octanol–water partition coefficient (Wildman–Crippen LogP) is 1.79. The molecule has 2 rings (SSSR count). The van der Waals surface area contributed by atoms with Crippen LogP contribution in [0.5, 0.6) is 0 Å². The molecule has 0 aromatic carbocycles. The second-order valence-corrected chi connectivity index (χ2v) is 5.87. The van der Waals surface area contributed by atoms with Gasteiger partial charge >= 0.3 is 0 Å². The first-order valence-electron chi connectivity index (χ1n) is 6.95. The highest BCUT2D eigenvalue weighted by Gasteiger charge is 2.38. The fourth-order valence-corrected chi connectivity index (χ4v) is 2.71. The van der Waals surface area contributed by atoms with Gasteiger partial charge in [-0.2, -0.15) is 10.2 Å². The number of aryl methyl sites for hydroxylation is 1. The molecule has 0 spiro atoms. The van der Waals surface area contributed by atoms with Crippen LogP contribution in [0, 0.1) is 12.3 Å². The summed E-state index contributed by atoms with van der Waals surface area (Å²) >= 11 is 1.52. The van der Waals surface area contributed by atoms with Crippen molar-refractivity contribution in [2.45, 2.75) is 44.3 Å². The Morgan fingerprint density at radius 1 is 1.57 bits per heavy atom. The molecule has 1 aliphatic heterocycles. The zero-order valence-electron chi connectivity index (χ0n) is 12.0. The molecular weight excluding hydrogens is 286 g/mol. The van der Waals surface area contributed by atoms with Crippen molar-refractivity contribution < 1.29 is 4.79 Å². The molecule has 1 amide bonds. The minimum Gasteiger partial charge on any atom is -0.354 e. The lowest BCUT2D eigenvalue weighted by Gasteiger charge is -2.12. The van der Waals surface area contributed by atoms with Gasteiger partial charge in [0, 0.05) is 31.2 Å². The summed E-state index contributed by atoms with van der Waals surface area (Å²) in [4.78, 5) is 16.3. The number of thiazole rings is 1. The van der Waals surface area contributed by atoms with Crippen molar-refractivity contribution in [3.8, 4) is 12.3 Å². The molecule has 1 aromatic rings. The van der Waals surface area contributed by atoms with Crippen LogP contribution < -0.4 is 11.1 Å². The maximum atomic E-state index is 12.0. The molecule has 1 aliphatic rings. The van der Waals surface area contributed by atoms with E-state index < -0.39 is 6.04 Å². The van der Waals surface area contributed by atoms with Crippen molar-refractivity contribution in [1.29, 1.82) is 0 Å². The number of nitrogens with one attached hydrogen (secondary N) is 1. The number of terminal acetylenes is 1. The van der Waals surface area contributed by atoms with Crippen LogP contribution in [-0.2, 0) is 11.2 Å². The molecule has 112 valence electrons. The van der Waals surface area contributed by atoms with Crippen LogP contribution in [0.1, 0.15) is 42.9 Å². The molecule has 2 heterocycles. The summed E-state index contributed by atoms with van der Waals surface area (Å²) in [5.74, 6) is 2.35. The molecule has 7 heteroatoms. The molecule has 3 N–H and O–H groups in total. The summed E-state index contributed by atoms with van der Waals surface area (Å²) in [7, 11) is 0. The standard InChI is InChI=1S/C14H19N5OS/c1-3-5-6-14(18-19-14)7-8-16-13(20)12(15)10-9-21-11(4-2)17-10/h1,9,12H,4-8,15H2,2H3,(H,16,20). The number of hydrogen-bond acceptors (Lipinski definition) is 6. The van der Waals surface area contributed by atoms with Crippen LogP contribution in [0.2, 0.25) is 0 Å². The van der Waals surface area contributed by atoms with Crippen molar-refractivity contribution in [3.63, 3.8) is 0 Å². The van der Waals surface area contributed by atoms with Crippen molar-refractivity contribution in [1.82, 2.24) is 10.3 Å². The summed E-state index contributed by atoms with van der Waals surface area (Å²) in [5, 5.41) is 13.7. The molecule has 1 aromatic heterocycles. The van der Waals surface area contributed by atoms with Crippen LogP contribution in [0.4, 0.5) is 0 Å². The second-order valence-electron chi connectivity index (χ2n) is 4.92. The summed E-state index contributed by atoms with van der Waals surface area (Å²) in [6, 6.07) is -0.726. The number of nitrogens with zero attached hydrogens (tertiary/aromatic N) is 3. The highest BCUT2D eigenvalue weighted by Crippen LogP contribution is 2.36. The van der Waals surface area contributed by atoms with Gasteiger partial charge in [-0.3, -0.25) is 4.79 Å². The number of carbonyl (C=O) groups is 1. The van der Waals surface area contributed by atoms with E-state index in [1.807, 2.05) is 12.3 Å². The van der Waals surface area contributed by atoms with E-state index in [0.717, 1.165) is 17.8 Å². The number of carbonyl (C=O) groups excluding carboxylic acids is 1.